The summed E-state index contributed by atoms with van der Waals surface area (Å²) in [6.45, 7) is 1.02. The van der Waals surface area contributed by atoms with Gasteiger partial charge in [-0.2, -0.15) is 0 Å². The second-order valence-electron chi connectivity index (χ2n) is 6.82. The molecule has 1 aromatic carbocycles. The number of imide groups is 1. The van der Waals surface area contributed by atoms with Crippen molar-refractivity contribution < 1.29 is 14.4 Å². The molecule has 0 radical (unpaired) electrons. The molecule has 4 amide bonds. The molecule has 0 bridgehead atoms. The standard InChI is InChI=1S/C17H18BrN3O3/c18-11-3-1-2-10(8-11)12-9-13(12)14(22)21-6-4-17(5-7-21)15(23)19-16(24)20-17/h1-3,8,12-13H,4-7,9H2,(H2,19,20,23,24). The highest BCUT2D eigenvalue weighted by Crippen LogP contribution is 2.49. The van der Waals surface area contributed by atoms with Gasteiger partial charge in [-0.3, -0.25) is 14.9 Å². The number of carbonyl (C=O) groups is 3. The zero-order valence-corrected chi connectivity index (χ0v) is 14.6. The Kier molecular flexibility index (Phi) is 3.63. The Morgan fingerprint density at radius 2 is 2.00 bits per heavy atom. The number of hydrogen-bond acceptors (Lipinski definition) is 3. The Morgan fingerprint density at radius 3 is 2.62 bits per heavy atom. The van der Waals surface area contributed by atoms with Crippen molar-refractivity contribution in [3.8, 4) is 0 Å². The van der Waals surface area contributed by atoms with E-state index in [9.17, 15) is 14.4 Å². The monoisotopic (exact) mass is 391 g/mol. The van der Waals surface area contributed by atoms with Crippen molar-refractivity contribution in [2.24, 2.45) is 5.92 Å². The van der Waals surface area contributed by atoms with Gasteiger partial charge in [0.05, 0.1) is 0 Å². The predicted octanol–water partition coefficient (Wildman–Crippen LogP) is 1.75. The smallest absolute Gasteiger partial charge is 0.322 e. The third kappa shape index (κ3) is 2.60. The number of halogens is 1. The maximum absolute atomic E-state index is 12.7. The van der Waals surface area contributed by atoms with Crippen molar-refractivity contribution >= 4 is 33.8 Å². The lowest BCUT2D eigenvalue weighted by molar-refractivity contribution is -0.137. The number of benzene rings is 1. The van der Waals surface area contributed by atoms with E-state index >= 15 is 0 Å². The minimum absolute atomic E-state index is 0.0420. The van der Waals surface area contributed by atoms with E-state index in [0.29, 0.717) is 31.8 Å². The van der Waals surface area contributed by atoms with Crippen LogP contribution in [0.15, 0.2) is 28.7 Å². The average molecular weight is 392 g/mol. The van der Waals surface area contributed by atoms with Gasteiger partial charge >= 0.3 is 6.03 Å². The second-order valence-corrected chi connectivity index (χ2v) is 7.74. The predicted molar refractivity (Wildman–Crippen MR) is 90.2 cm³/mol. The van der Waals surface area contributed by atoms with Crippen LogP contribution in [0.5, 0.6) is 0 Å². The normalized spacial score (nSPS) is 27.8. The fourth-order valence-electron chi connectivity index (χ4n) is 3.80. The molecule has 2 heterocycles. The van der Waals surface area contributed by atoms with Gasteiger partial charge in [-0.15, -0.1) is 0 Å². The summed E-state index contributed by atoms with van der Waals surface area (Å²) >= 11 is 3.47. The Morgan fingerprint density at radius 1 is 1.25 bits per heavy atom. The Balaban J connectivity index is 1.38. The van der Waals surface area contributed by atoms with Crippen molar-refractivity contribution in [2.45, 2.75) is 30.7 Å². The second kappa shape index (κ2) is 5.58. The molecule has 2 saturated heterocycles. The van der Waals surface area contributed by atoms with Crippen LogP contribution in [0, 0.1) is 5.92 Å². The van der Waals surface area contributed by atoms with E-state index in [1.807, 2.05) is 17.0 Å². The largest absolute Gasteiger partial charge is 0.342 e. The molecule has 1 aliphatic carbocycles. The van der Waals surface area contributed by atoms with Crippen molar-refractivity contribution in [2.75, 3.05) is 13.1 Å². The molecule has 3 aliphatic rings. The highest BCUT2D eigenvalue weighted by Gasteiger charge is 2.51. The topological polar surface area (TPSA) is 78.5 Å². The van der Waals surface area contributed by atoms with Gasteiger partial charge < -0.3 is 10.2 Å². The van der Waals surface area contributed by atoms with Gasteiger partial charge in [0.15, 0.2) is 0 Å². The molecule has 1 spiro atoms. The molecular formula is C17H18BrN3O3. The summed E-state index contributed by atoms with van der Waals surface area (Å²) in [6.07, 6.45) is 1.84. The molecule has 1 aromatic rings. The molecule has 2 aliphatic heterocycles. The molecule has 126 valence electrons. The van der Waals surface area contributed by atoms with Crippen molar-refractivity contribution in [3.05, 3.63) is 34.3 Å². The molecule has 24 heavy (non-hydrogen) atoms. The molecule has 3 fully saturated rings. The lowest BCUT2D eigenvalue weighted by Crippen LogP contribution is -2.56. The number of piperidine rings is 1. The summed E-state index contributed by atoms with van der Waals surface area (Å²) in [4.78, 5) is 37.9. The molecule has 0 aromatic heterocycles. The van der Waals surface area contributed by atoms with E-state index in [4.69, 9.17) is 0 Å². The molecule has 2 atom stereocenters. The number of nitrogens with one attached hydrogen (secondary N) is 2. The number of amides is 4. The molecule has 2 N–H and O–H groups in total. The Bertz CT molecular complexity index is 728. The van der Waals surface area contributed by atoms with Gasteiger partial charge in [-0.25, -0.2) is 4.79 Å². The van der Waals surface area contributed by atoms with Gasteiger partial charge in [-0.1, -0.05) is 28.1 Å². The highest BCUT2D eigenvalue weighted by molar-refractivity contribution is 9.10. The van der Waals surface area contributed by atoms with Crippen LogP contribution in [0.2, 0.25) is 0 Å². The molecule has 1 saturated carbocycles. The number of rotatable bonds is 2. The number of likely N-dealkylation sites (tertiary alicyclic amines) is 1. The number of hydrogen-bond donors (Lipinski definition) is 2. The highest BCUT2D eigenvalue weighted by atomic mass is 79.9. The first-order chi connectivity index (χ1) is 11.5. The average Bonchev–Trinajstić information content (AvgIpc) is 3.30. The summed E-state index contributed by atoms with van der Waals surface area (Å²) in [5, 5.41) is 5.01. The number of carbonyl (C=O) groups excluding carboxylic acids is 3. The lowest BCUT2D eigenvalue weighted by atomic mass is 9.87. The van der Waals surface area contributed by atoms with E-state index < -0.39 is 11.6 Å². The zero-order valence-electron chi connectivity index (χ0n) is 13.0. The van der Waals surface area contributed by atoms with Crippen LogP contribution >= 0.6 is 15.9 Å². The lowest BCUT2D eigenvalue weighted by Gasteiger charge is -2.37. The van der Waals surface area contributed by atoms with Crippen LogP contribution in [-0.4, -0.2) is 41.4 Å². The van der Waals surface area contributed by atoms with Crippen LogP contribution < -0.4 is 10.6 Å². The van der Waals surface area contributed by atoms with Gasteiger partial charge in [0.1, 0.15) is 5.54 Å². The first-order valence-corrected chi connectivity index (χ1v) is 8.96. The maximum atomic E-state index is 12.7. The van der Waals surface area contributed by atoms with Gasteiger partial charge in [0.2, 0.25) is 5.91 Å². The van der Waals surface area contributed by atoms with Gasteiger partial charge in [0.25, 0.3) is 5.91 Å². The van der Waals surface area contributed by atoms with E-state index in [1.54, 1.807) is 0 Å². The van der Waals surface area contributed by atoms with Crippen LogP contribution in [0.3, 0.4) is 0 Å². The first-order valence-electron chi connectivity index (χ1n) is 8.16. The number of nitrogens with zero attached hydrogens (tertiary/aromatic N) is 1. The fraction of sp³-hybridized carbons (Fsp3) is 0.471. The minimum atomic E-state index is -0.818. The molecule has 4 rings (SSSR count). The fourth-order valence-corrected chi connectivity index (χ4v) is 4.21. The summed E-state index contributed by atoms with van der Waals surface area (Å²) in [6, 6.07) is 7.67. The summed E-state index contributed by atoms with van der Waals surface area (Å²) < 4.78 is 1.03. The third-order valence-corrected chi connectivity index (χ3v) is 5.82. The first kappa shape index (κ1) is 15.6. The van der Waals surface area contributed by atoms with Crippen LogP contribution in [0.4, 0.5) is 4.79 Å². The van der Waals surface area contributed by atoms with Gasteiger partial charge in [-0.05, 0) is 42.9 Å². The summed E-state index contributed by atoms with van der Waals surface area (Å²) in [5.74, 6) is 0.235. The molecule has 7 heteroatoms. The van der Waals surface area contributed by atoms with Crippen LogP contribution in [0.25, 0.3) is 0 Å². The van der Waals surface area contributed by atoms with E-state index in [-0.39, 0.29) is 17.7 Å². The van der Waals surface area contributed by atoms with E-state index in [0.717, 1.165) is 10.9 Å². The van der Waals surface area contributed by atoms with Crippen molar-refractivity contribution in [3.63, 3.8) is 0 Å². The van der Waals surface area contributed by atoms with Crippen LogP contribution in [-0.2, 0) is 9.59 Å². The Hall–Kier alpha value is -1.89. The van der Waals surface area contributed by atoms with E-state index in [2.05, 4.69) is 38.7 Å². The summed E-state index contributed by atoms with van der Waals surface area (Å²) in [7, 11) is 0. The zero-order chi connectivity index (χ0) is 16.9. The third-order valence-electron chi connectivity index (χ3n) is 5.33. The van der Waals surface area contributed by atoms with Gasteiger partial charge in [0, 0.05) is 23.5 Å². The maximum Gasteiger partial charge on any atom is 0.322 e. The Labute approximate surface area is 148 Å². The SMILES string of the molecule is O=C1NC(=O)C2(CCN(C(=O)C3CC3c3cccc(Br)c3)CC2)N1. The molecular weight excluding hydrogens is 374 g/mol. The van der Waals surface area contributed by atoms with Crippen molar-refractivity contribution in [1.29, 1.82) is 0 Å². The summed E-state index contributed by atoms with van der Waals surface area (Å²) in [5.41, 5.74) is 0.375. The van der Waals surface area contributed by atoms with Crippen LogP contribution in [0.1, 0.15) is 30.7 Å². The van der Waals surface area contributed by atoms with E-state index in [1.165, 1.54) is 5.56 Å². The molecule has 2 unspecified atom stereocenters. The molecule has 6 nitrogen and oxygen atoms in total. The number of urea groups is 1. The minimum Gasteiger partial charge on any atom is -0.342 e. The quantitative estimate of drug-likeness (QED) is 0.753. The van der Waals surface area contributed by atoms with Crippen molar-refractivity contribution in [1.82, 2.24) is 15.5 Å².